The first-order chi connectivity index (χ1) is 13.1. The minimum atomic E-state index is -0.00438. The van der Waals surface area contributed by atoms with Crippen LogP contribution in [0.4, 0.5) is 11.5 Å². The SMILES string of the molecule is CC(C)N(Cc1ccccc1)C(=O)c1ccc(N(C)c2ccccc2)nc1. The number of nitrogens with zero attached hydrogens (tertiary/aromatic N) is 3. The molecular weight excluding hydrogens is 334 g/mol. The minimum absolute atomic E-state index is 0.00438. The van der Waals surface area contributed by atoms with Gasteiger partial charge in [0.25, 0.3) is 5.91 Å². The van der Waals surface area contributed by atoms with E-state index in [4.69, 9.17) is 0 Å². The van der Waals surface area contributed by atoms with Crippen LogP contribution in [-0.2, 0) is 6.54 Å². The number of hydrogen-bond acceptors (Lipinski definition) is 3. The highest BCUT2D eigenvalue weighted by Crippen LogP contribution is 2.21. The zero-order valence-corrected chi connectivity index (χ0v) is 16.0. The van der Waals surface area contributed by atoms with Gasteiger partial charge in [0.2, 0.25) is 0 Å². The van der Waals surface area contributed by atoms with Gasteiger partial charge in [-0.15, -0.1) is 0 Å². The van der Waals surface area contributed by atoms with Crippen molar-refractivity contribution in [3.63, 3.8) is 0 Å². The molecule has 1 aromatic heterocycles. The number of pyridine rings is 1. The van der Waals surface area contributed by atoms with E-state index in [1.165, 1.54) is 0 Å². The molecule has 0 unspecified atom stereocenters. The van der Waals surface area contributed by atoms with Crippen molar-refractivity contribution in [2.45, 2.75) is 26.4 Å². The van der Waals surface area contributed by atoms with Crippen LogP contribution in [0.5, 0.6) is 0 Å². The second-order valence-corrected chi connectivity index (χ2v) is 6.81. The van der Waals surface area contributed by atoms with Gasteiger partial charge in [-0.2, -0.15) is 0 Å². The summed E-state index contributed by atoms with van der Waals surface area (Å²) < 4.78 is 0. The van der Waals surface area contributed by atoms with Crippen LogP contribution in [0.25, 0.3) is 0 Å². The normalized spacial score (nSPS) is 10.7. The molecular formula is C23H25N3O. The second-order valence-electron chi connectivity index (χ2n) is 6.81. The summed E-state index contributed by atoms with van der Waals surface area (Å²) in [5.74, 6) is 0.798. The Bertz CT molecular complexity index is 861. The van der Waals surface area contributed by atoms with E-state index >= 15 is 0 Å². The highest BCUT2D eigenvalue weighted by molar-refractivity contribution is 5.94. The van der Waals surface area contributed by atoms with Gasteiger partial charge >= 0.3 is 0 Å². The Hall–Kier alpha value is -3.14. The molecule has 27 heavy (non-hydrogen) atoms. The second kappa shape index (κ2) is 8.49. The molecule has 0 atom stereocenters. The monoisotopic (exact) mass is 359 g/mol. The summed E-state index contributed by atoms with van der Waals surface area (Å²) in [6.07, 6.45) is 1.66. The Kier molecular flexibility index (Phi) is 5.87. The van der Waals surface area contributed by atoms with E-state index in [9.17, 15) is 4.79 Å². The quantitative estimate of drug-likeness (QED) is 0.628. The summed E-state index contributed by atoms with van der Waals surface area (Å²) in [5.41, 5.74) is 2.77. The predicted octanol–water partition coefficient (Wildman–Crippen LogP) is 4.90. The molecule has 3 rings (SSSR count). The highest BCUT2D eigenvalue weighted by Gasteiger charge is 2.19. The number of carbonyl (C=O) groups is 1. The van der Waals surface area contributed by atoms with Crippen molar-refractivity contribution in [3.8, 4) is 0 Å². The van der Waals surface area contributed by atoms with Gasteiger partial charge in [0, 0.05) is 31.5 Å². The summed E-state index contributed by atoms with van der Waals surface area (Å²) >= 11 is 0. The van der Waals surface area contributed by atoms with Gasteiger partial charge in [-0.25, -0.2) is 4.98 Å². The van der Waals surface area contributed by atoms with E-state index in [0.29, 0.717) is 12.1 Å². The summed E-state index contributed by atoms with van der Waals surface area (Å²) in [7, 11) is 1.97. The van der Waals surface area contributed by atoms with E-state index in [1.54, 1.807) is 6.20 Å². The van der Waals surface area contributed by atoms with Crippen molar-refractivity contribution in [1.82, 2.24) is 9.88 Å². The number of hydrogen-bond donors (Lipinski definition) is 0. The number of amides is 1. The summed E-state index contributed by atoms with van der Waals surface area (Å²) in [5, 5.41) is 0. The highest BCUT2D eigenvalue weighted by atomic mass is 16.2. The van der Waals surface area contributed by atoms with Gasteiger partial charge in [-0.1, -0.05) is 48.5 Å². The average molecular weight is 359 g/mol. The van der Waals surface area contributed by atoms with E-state index in [2.05, 4.69) is 4.98 Å². The van der Waals surface area contributed by atoms with E-state index < -0.39 is 0 Å². The Morgan fingerprint density at radius 3 is 2.11 bits per heavy atom. The Morgan fingerprint density at radius 2 is 1.56 bits per heavy atom. The van der Waals surface area contributed by atoms with E-state index in [1.807, 2.05) is 103 Å². The average Bonchev–Trinajstić information content (AvgIpc) is 2.72. The Labute approximate surface area is 161 Å². The molecule has 2 aromatic carbocycles. The first kappa shape index (κ1) is 18.6. The number of aromatic nitrogens is 1. The lowest BCUT2D eigenvalue weighted by Gasteiger charge is -2.27. The van der Waals surface area contributed by atoms with Gasteiger partial charge in [-0.05, 0) is 43.7 Å². The third-order valence-corrected chi connectivity index (χ3v) is 4.56. The first-order valence-corrected chi connectivity index (χ1v) is 9.16. The molecule has 0 radical (unpaired) electrons. The zero-order valence-electron chi connectivity index (χ0n) is 16.0. The minimum Gasteiger partial charge on any atom is -0.332 e. The molecule has 4 nitrogen and oxygen atoms in total. The topological polar surface area (TPSA) is 36.4 Å². The van der Waals surface area contributed by atoms with Gasteiger partial charge in [0.15, 0.2) is 0 Å². The lowest BCUT2D eigenvalue weighted by atomic mass is 10.1. The lowest BCUT2D eigenvalue weighted by molar-refractivity contribution is 0.0690. The van der Waals surface area contributed by atoms with Crippen LogP contribution in [0, 0.1) is 0 Å². The van der Waals surface area contributed by atoms with Crippen LogP contribution in [0.15, 0.2) is 79.0 Å². The van der Waals surface area contributed by atoms with E-state index in [0.717, 1.165) is 17.1 Å². The van der Waals surface area contributed by atoms with Crippen molar-refractivity contribution in [2.75, 3.05) is 11.9 Å². The number of carbonyl (C=O) groups excluding carboxylic acids is 1. The molecule has 1 amide bonds. The van der Waals surface area contributed by atoms with Crippen molar-refractivity contribution in [3.05, 3.63) is 90.1 Å². The molecule has 0 N–H and O–H groups in total. The summed E-state index contributed by atoms with van der Waals surface area (Å²) in [6.45, 7) is 4.65. The Balaban J connectivity index is 1.77. The largest absolute Gasteiger partial charge is 0.332 e. The number of anilines is 2. The fourth-order valence-corrected chi connectivity index (χ4v) is 2.93. The first-order valence-electron chi connectivity index (χ1n) is 9.16. The maximum Gasteiger partial charge on any atom is 0.255 e. The van der Waals surface area contributed by atoms with E-state index in [-0.39, 0.29) is 11.9 Å². The van der Waals surface area contributed by atoms with Crippen molar-refractivity contribution in [2.24, 2.45) is 0 Å². The third kappa shape index (κ3) is 4.53. The van der Waals surface area contributed by atoms with Crippen LogP contribution >= 0.6 is 0 Å². The summed E-state index contributed by atoms with van der Waals surface area (Å²) in [4.78, 5) is 21.4. The number of rotatable bonds is 6. The molecule has 0 aliphatic carbocycles. The number of benzene rings is 2. The molecule has 0 bridgehead atoms. The smallest absolute Gasteiger partial charge is 0.255 e. The number of para-hydroxylation sites is 1. The van der Waals surface area contributed by atoms with Crippen LogP contribution in [-0.4, -0.2) is 28.9 Å². The van der Waals surface area contributed by atoms with Crippen LogP contribution in [0.2, 0.25) is 0 Å². The van der Waals surface area contributed by atoms with Crippen LogP contribution < -0.4 is 4.90 Å². The summed E-state index contributed by atoms with van der Waals surface area (Å²) in [6, 6.07) is 23.9. The van der Waals surface area contributed by atoms with Crippen LogP contribution in [0.3, 0.4) is 0 Å². The molecule has 4 heteroatoms. The van der Waals surface area contributed by atoms with Gasteiger partial charge in [0.05, 0.1) is 5.56 Å². The molecule has 0 saturated heterocycles. The van der Waals surface area contributed by atoms with Gasteiger partial charge in [-0.3, -0.25) is 4.79 Å². The van der Waals surface area contributed by atoms with Gasteiger partial charge in [0.1, 0.15) is 5.82 Å². The maximum atomic E-state index is 13.0. The molecule has 0 fully saturated rings. The zero-order chi connectivity index (χ0) is 19.2. The maximum absolute atomic E-state index is 13.0. The van der Waals surface area contributed by atoms with Gasteiger partial charge < -0.3 is 9.80 Å². The molecule has 3 aromatic rings. The Morgan fingerprint density at radius 1 is 0.926 bits per heavy atom. The van der Waals surface area contributed by atoms with Crippen molar-refractivity contribution < 1.29 is 4.79 Å². The molecule has 0 spiro atoms. The molecule has 138 valence electrons. The molecule has 0 aliphatic rings. The van der Waals surface area contributed by atoms with Crippen LogP contribution in [0.1, 0.15) is 29.8 Å². The third-order valence-electron chi connectivity index (χ3n) is 4.56. The van der Waals surface area contributed by atoms with Crippen molar-refractivity contribution >= 4 is 17.4 Å². The fraction of sp³-hybridized carbons (Fsp3) is 0.217. The molecule has 0 saturated carbocycles. The lowest BCUT2D eigenvalue weighted by Crippen LogP contribution is -2.36. The fourth-order valence-electron chi connectivity index (χ4n) is 2.93. The predicted molar refractivity (Wildman–Crippen MR) is 110 cm³/mol. The molecule has 0 aliphatic heterocycles. The molecule has 1 heterocycles. The van der Waals surface area contributed by atoms with Crippen molar-refractivity contribution in [1.29, 1.82) is 0 Å². The standard InChI is InChI=1S/C23H25N3O/c1-18(2)26(17-19-10-6-4-7-11-19)23(27)20-14-15-22(24-16-20)25(3)21-12-8-5-9-13-21/h4-16,18H,17H2,1-3H3.